The maximum absolute atomic E-state index is 9.29. The van der Waals surface area contributed by atoms with E-state index in [4.69, 9.17) is 11.6 Å². The summed E-state index contributed by atoms with van der Waals surface area (Å²) >= 11 is 6.11. The highest BCUT2D eigenvalue weighted by molar-refractivity contribution is 6.30. The van der Waals surface area contributed by atoms with Crippen LogP contribution in [0.15, 0.2) is 18.2 Å². The average molecular weight is 319 g/mol. The summed E-state index contributed by atoms with van der Waals surface area (Å²) in [6.07, 6.45) is 2.61. The van der Waals surface area contributed by atoms with Gasteiger partial charge in [0.1, 0.15) is 6.07 Å². The van der Waals surface area contributed by atoms with E-state index in [0.717, 1.165) is 37.4 Å². The predicted octanol–water partition coefficient (Wildman–Crippen LogP) is 2.43. The molecule has 1 unspecified atom stereocenters. The Bertz CT molecular complexity index is 560. The van der Waals surface area contributed by atoms with E-state index in [-0.39, 0.29) is 0 Å². The molecule has 2 heterocycles. The lowest BCUT2D eigenvalue weighted by Gasteiger charge is -2.43. The largest absolute Gasteiger partial charge is 0.368 e. The van der Waals surface area contributed by atoms with Crippen LogP contribution in [-0.4, -0.2) is 62.2 Å². The molecular formula is C17H23ClN4. The second-order valence-electron chi connectivity index (χ2n) is 6.35. The van der Waals surface area contributed by atoms with E-state index in [0.29, 0.717) is 11.1 Å². The summed E-state index contributed by atoms with van der Waals surface area (Å²) in [5.74, 6) is 0. The van der Waals surface area contributed by atoms with Gasteiger partial charge < -0.3 is 9.80 Å². The highest BCUT2D eigenvalue weighted by Gasteiger charge is 2.27. The standard InChI is InChI=1S/C17H23ClN4/c1-20-6-2-3-16(13-20)21-7-9-22(10-8-21)17-11-15(18)5-4-14(17)12-19/h4-5,11,16H,2-3,6-10,13H2,1H3. The van der Waals surface area contributed by atoms with E-state index < -0.39 is 0 Å². The third-order valence-electron chi connectivity index (χ3n) is 4.85. The molecule has 0 aliphatic carbocycles. The van der Waals surface area contributed by atoms with Crippen LogP contribution in [0.25, 0.3) is 0 Å². The molecule has 1 aromatic rings. The minimum absolute atomic E-state index is 0.690. The molecule has 1 atom stereocenters. The zero-order chi connectivity index (χ0) is 15.5. The first-order valence-corrected chi connectivity index (χ1v) is 8.42. The molecule has 0 saturated carbocycles. The minimum Gasteiger partial charge on any atom is -0.368 e. The number of nitriles is 1. The maximum atomic E-state index is 9.29. The zero-order valence-electron chi connectivity index (χ0n) is 13.1. The average Bonchev–Trinajstić information content (AvgIpc) is 2.55. The van der Waals surface area contributed by atoms with Crippen molar-refractivity contribution in [1.82, 2.24) is 9.80 Å². The van der Waals surface area contributed by atoms with E-state index in [1.54, 1.807) is 6.07 Å². The molecule has 1 aromatic carbocycles. The molecule has 0 N–H and O–H groups in total. The van der Waals surface area contributed by atoms with Crippen molar-refractivity contribution in [2.24, 2.45) is 0 Å². The smallest absolute Gasteiger partial charge is 0.101 e. The van der Waals surface area contributed by atoms with Gasteiger partial charge in [0, 0.05) is 43.8 Å². The van der Waals surface area contributed by atoms with Gasteiger partial charge in [0.2, 0.25) is 0 Å². The van der Waals surface area contributed by atoms with Crippen LogP contribution in [0.2, 0.25) is 5.02 Å². The normalized spacial score (nSPS) is 24.2. The van der Waals surface area contributed by atoms with E-state index in [9.17, 15) is 5.26 Å². The van der Waals surface area contributed by atoms with Gasteiger partial charge in [0.05, 0.1) is 11.3 Å². The van der Waals surface area contributed by atoms with Crippen molar-refractivity contribution in [3.63, 3.8) is 0 Å². The number of halogens is 1. The molecule has 22 heavy (non-hydrogen) atoms. The number of likely N-dealkylation sites (N-methyl/N-ethyl adjacent to an activating group) is 1. The molecule has 0 amide bonds. The van der Waals surface area contributed by atoms with Crippen LogP contribution in [0.5, 0.6) is 0 Å². The predicted molar refractivity (Wildman–Crippen MR) is 90.5 cm³/mol. The van der Waals surface area contributed by atoms with Crippen LogP contribution in [0, 0.1) is 11.3 Å². The molecule has 0 radical (unpaired) electrons. The van der Waals surface area contributed by atoms with Crippen molar-refractivity contribution in [2.45, 2.75) is 18.9 Å². The van der Waals surface area contributed by atoms with Gasteiger partial charge >= 0.3 is 0 Å². The summed E-state index contributed by atoms with van der Waals surface area (Å²) in [5, 5.41) is 9.99. The molecule has 0 bridgehead atoms. The number of likely N-dealkylation sites (tertiary alicyclic amines) is 1. The number of piperidine rings is 1. The molecule has 2 fully saturated rings. The molecule has 4 nitrogen and oxygen atoms in total. The maximum Gasteiger partial charge on any atom is 0.101 e. The van der Waals surface area contributed by atoms with Crippen LogP contribution in [-0.2, 0) is 0 Å². The van der Waals surface area contributed by atoms with Crippen LogP contribution in [0.3, 0.4) is 0 Å². The molecule has 0 spiro atoms. The Balaban J connectivity index is 1.64. The van der Waals surface area contributed by atoms with Crippen molar-refractivity contribution in [3.8, 4) is 6.07 Å². The van der Waals surface area contributed by atoms with Crippen molar-refractivity contribution >= 4 is 17.3 Å². The Labute approximate surface area is 137 Å². The highest BCUT2D eigenvalue weighted by Crippen LogP contribution is 2.26. The van der Waals surface area contributed by atoms with Crippen LogP contribution < -0.4 is 4.90 Å². The molecule has 5 heteroatoms. The number of rotatable bonds is 2. The van der Waals surface area contributed by atoms with Gasteiger partial charge in [-0.1, -0.05) is 11.6 Å². The summed E-state index contributed by atoms with van der Waals surface area (Å²) in [7, 11) is 2.22. The topological polar surface area (TPSA) is 33.5 Å². The first kappa shape index (κ1) is 15.6. The van der Waals surface area contributed by atoms with E-state index in [1.165, 1.54) is 25.9 Å². The van der Waals surface area contributed by atoms with Crippen LogP contribution in [0.1, 0.15) is 18.4 Å². The Morgan fingerprint density at radius 3 is 2.64 bits per heavy atom. The van der Waals surface area contributed by atoms with Crippen molar-refractivity contribution in [1.29, 1.82) is 5.26 Å². The second kappa shape index (κ2) is 6.87. The molecule has 0 aromatic heterocycles. The summed E-state index contributed by atoms with van der Waals surface area (Å²) in [4.78, 5) is 7.35. The van der Waals surface area contributed by atoms with Gasteiger partial charge in [-0.05, 0) is 44.6 Å². The Kier molecular flexibility index (Phi) is 4.87. The summed E-state index contributed by atoms with van der Waals surface area (Å²) in [6, 6.07) is 8.50. The number of benzene rings is 1. The molecular weight excluding hydrogens is 296 g/mol. The van der Waals surface area contributed by atoms with E-state index >= 15 is 0 Å². The van der Waals surface area contributed by atoms with Crippen molar-refractivity contribution in [2.75, 3.05) is 51.2 Å². The third kappa shape index (κ3) is 3.38. The number of piperazine rings is 1. The Morgan fingerprint density at radius 1 is 1.18 bits per heavy atom. The van der Waals surface area contributed by atoms with E-state index in [2.05, 4.69) is 27.8 Å². The third-order valence-corrected chi connectivity index (χ3v) is 5.09. The molecule has 2 aliphatic rings. The summed E-state index contributed by atoms with van der Waals surface area (Å²) in [5.41, 5.74) is 1.70. The lowest BCUT2D eigenvalue weighted by molar-refractivity contribution is 0.106. The van der Waals surface area contributed by atoms with Crippen LogP contribution >= 0.6 is 11.6 Å². The highest BCUT2D eigenvalue weighted by atomic mass is 35.5. The van der Waals surface area contributed by atoms with Gasteiger partial charge in [-0.3, -0.25) is 4.90 Å². The first-order chi connectivity index (χ1) is 10.7. The van der Waals surface area contributed by atoms with E-state index in [1.807, 2.05) is 12.1 Å². The fourth-order valence-electron chi connectivity index (χ4n) is 3.63. The number of anilines is 1. The fourth-order valence-corrected chi connectivity index (χ4v) is 3.79. The Morgan fingerprint density at radius 2 is 1.95 bits per heavy atom. The SMILES string of the molecule is CN1CCCC(N2CCN(c3cc(Cl)ccc3C#N)CC2)C1. The number of nitrogens with zero attached hydrogens (tertiary/aromatic N) is 4. The fraction of sp³-hybridized carbons (Fsp3) is 0.588. The number of hydrogen-bond acceptors (Lipinski definition) is 4. The zero-order valence-corrected chi connectivity index (χ0v) is 13.9. The Hall–Kier alpha value is -1.28. The van der Waals surface area contributed by atoms with Gasteiger partial charge in [0.15, 0.2) is 0 Å². The number of hydrogen-bond donors (Lipinski definition) is 0. The monoisotopic (exact) mass is 318 g/mol. The molecule has 118 valence electrons. The molecule has 2 saturated heterocycles. The molecule has 3 rings (SSSR count). The van der Waals surface area contributed by atoms with Gasteiger partial charge in [-0.15, -0.1) is 0 Å². The summed E-state index contributed by atoms with van der Waals surface area (Å²) < 4.78 is 0. The molecule has 2 aliphatic heterocycles. The first-order valence-electron chi connectivity index (χ1n) is 8.04. The van der Waals surface area contributed by atoms with Crippen molar-refractivity contribution < 1.29 is 0 Å². The van der Waals surface area contributed by atoms with Gasteiger partial charge in [0.25, 0.3) is 0 Å². The minimum atomic E-state index is 0.690. The quantitative estimate of drug-likeness (QED) is 0.838. The van der Waals surface area contributed by atoms with Crippen molar-refractivity contribution in [3.05, 3.63) is 28.8 Å². The second-order valence-corrected chi connectivity index (χ2v) is 6.79. The van der Waals surface area contributed by atoms with Gasteiger partial charge in [-0.25, -0.2) is 0 Å². The van der Waals surface area contributed by atoms with Gasteiger partial charge in [-0.2, -0.15) is 5.26 Å². The van der Waals surface area contributed by atoms with Crippen LogP contribution in [0.4, 0.5) is 5.69 Å². The summed E-state index contributed by atoms with van der Waals surface area (Å²) in [6.45, 7) is 6.47. The lowest BCUT2D eigenvalue weighted by atomic mass is 10.0. The lowest BCUT2D eigenvalue weighted by Crippen LogP contribution is -2.54.